The summed E-state index contributed by atoms with van der Waals surface area (Å²) in [6, 6.07) is 9.97. The molecular formula is C17H17N3OS. The third kappa shape index (κ3) is 3.18. The van der Waals surface area contributed by atoms with Crippen molar-refractivity contribution in [3.05, 3.63) is 41.5 Å². The largest absolute Gasteiger partial charge is 0.347 e. The van der Waals surface area contributed by atoms with Gasteiger partial charge in [-0.25, -0.2) is 0 Å². The van der Waals surface area contributed by atoms with Crippen LogP contribution in [-0.4, -0.2) is 16.9 Å². The van der Waals surface area contributed by atoms with E-state index in [1.54, 1.807) is 12.4 Å². The Morgan fingerprint density at radius 2 is 2.00 bits per heavy atom. The standard InChI is InChI=1S/C17H17N3OS/c18-11-13-3-1-2-4-14(13)20-17(21)16-6-5-15(22-16)12-7-9-19-10-8-12/h5-10,13-14H,1-4H2,(H,20,21). The van der Waals surface area contributed by atoms with Crippen molar-refractivity contribution >= 4 is 17.2 Å². The van der Waals surface area contributed by atoms with Gasteiger partial charge in [-0.2, -0.15) is 5.26 Å². The topological polar surface area (TPSA) is 65.8 Å². The van der Waals surface area contributed by atoms with E-state index in [9.17, 15) is 10.1 Å². The van der Waals surface area contributed by atoms with E-state index in [0.29, 0.717) is 4.88 Å². The summed E-state index contributed by atoms with van der Waals surface area (Å²) in [7, 11) is 0. The average molecular weight is 311 g/mol. The van der Waals surface area contributed by atoms with Crippen LogP contribution in [0.15, 0.2) is 36.7 Å². The first kappa shape index (κ1) is 14.7. The van der Waals surface area contributed by atoms with Gasteiger partial charge in [-0.05, 0) is 42.7 Å². The first-order valence-electron chi connectivity index (χ1n) is 7.48. The summed E-state index contributed by atoms with van der Waals surface area (Å²) < 4.78 is 0. The molecule has 3 rings (SSSR count). The van der Waals surface area contributed by atoms with Gasteiger partial charge in [-0.15, -0.1) is 11.3 Å². The minimum atomic E-state index is -0.0718. The van der Waals surface area contributed by atoms with Gasteiger partial charge in [0.05, 0.1) is 16.9 Å². The van der Waals surface area contributed by atoms with E-state index in [4.69, 9.17) is 0 Å². The van der Waals surface area contributed by atoms with Crippen LogP contribution < -0.4 is 5.32 Å². The Hall–Kier alpha value is -2.19. The highest BCUT2D eigenvalue weighted by atomic mass is 32.1. The molecule has 2 heterocycles. The number of thiophene rings is 1. The molecule has 1 N–H and O–H groups in total. The summed E-state index contributed by atoms with van der Waals surface area (Å²) in [5.41, 5.74) is 1.06. The van der Waals surface area contributed by atoms with Gasteiger partial charge in [-0.3, -0.25) is 9.78 Å². The number of hydrogen-bond donors (Lipinski definition) is 1. The zero-order valence-electron chi connectivity index (χ0n) is 12.2. The molecule has 112 valence electrons. The number of nitrogens with one attached hydrogen (secondary N) is 1. The molecule has 0 spiro atoms. The Kier molecular flexibility index (Phi) is 4.50. The van der Waals surface area contributed by atoms with Crippen LogP contribution in [0.25, 0.3) is 10.4 Å². The highest BCUT2D eigenvalue weighted by molar-refractivity contribution is 7.17. The molecule has 22 heavy (non-hydrogen) atoms. The maximum atomic E-state index is 12.4. The van der Waals surface area contributed by atoms with Gasteiger partial charge < -0.3 is 5.32 Å². The van der Waals surface area contributed by atoms with E-state index >= 15 is 0 Å². The monoisotopic (exact) mass is 311 g/mol. The van der Waals surface area contributed by atoms with Crippen LogP contribution in [0.4, 0.5) is 0 Å². The molecule has 1 fully saturated rings. The van der Waals surface area contributed by atoms with E-state index in [1.165, 1.54) is 11.3 Å². The van der Waals surface area contributed by atoms with Crippen LogP contribution in [0.3, 0.4) is 0 Å². The lowest BCUT2D eigenvalue weighted by atomic mass is 9.85. The number of pyridine rings is 1. The second kappa shape index (κ2) is 6.71. The zero-order chi connectivity index (χ0) is 15.4. The van der Waals surface area contributed by atoms with E-state index < -0.39 is 0 Å². The molecule has 5 heteroatoms. The molecule has 2 atom stereocenters. The van der Waals surface area contributed by atoms with Gasteiger partial charge in [0.2, 0.25) is 0 Å². The number of nitrogens with zero attached hydrogens (tertiary/aromatic N) is 2. The average Bonchev–Trinajstić information content (AvgIpc) is 3.06. The van der Waals surface area contributed by atoms with Crippen LogP contribution in [0.1, 0.15) is 35.4 Å². The fourth-order valence-corrected chi connectivity index (χ4v) is 3.74. The van der Waals surface area contributed by atoms with Crippen molar-refractivity contribution < 1.29 is 4.79 Å². The summed E-state index contributed by atoms with van der Waals surface area (Å²) >= 11 is 1.47. The summed E-state index contributed by atoms with van der Waals surface area (Å²) in [6.45, 7) is 0. The number of hydrogen-bond acceptors (Lipinski definition) is 4. The fraction of sp³-hybridized carbons (Fsp3) is 0.353. The van der Waals surface area contributed by atoms with Gasteiger partial charge in [-0.1, -0.05) is 12.8 Å². The quantitative estimate of drug-likeness (QED) is 0.941. The van der Waals surface area contributed by atoms with Gasteiger partial charge in [0.25, 0.3) is 5.91 Å². The number of nitriles is 1. The third-order valence-corrected chi connectivity index (χ3v) is 5.18. The molecule has 0 aromatic carbocycles. The minimum absolute atomic E-state index is 0.0160. The van der Waals surface area contributed by atoms with Crippen molar-refractivity contribution in [3.8, 4) is 16.5 Å². The lowest BCUT2D eigenvalue weighted by Crippen LogP contribution is -2.41. The predicted octanol–water partition coefficient (Wildman–Crippen LogP) is 3.62. The predicted molar refractivity (Wildman–Crippen MR) is 86.4 cm³/mol. The van der Waals surface area contributed by atoms with Gasteiger partial charge >= 0.3 is 0 Å². The number of amides is 1. The molecule has 0 saturated heterocycles. The van der Waals surface area contributed by atoms with Crippen molar-refractivity contribution in [2.45, 2.75) is 31.7 Å². The van der Waals surface area contributed by atoms with Crippen molar-refractivity contribution in [1.29, 1.82) is 5.26 Å². The number of aromatic nitrogens is 1. The van der Waals surface area contributed by atoms with E-state index in [2.05, 4.69) is 16.4 Å². The van der Waals surface area contributed by atoms with Crippen molar-refractivity contribution in [3.63, 3.8) is 0 Å². The lowest BCUT2D eigenvalue weighted by molar-refractivity contribution is 0.0921. The van der Waals surface area contributed by atoms with Crippen molar-refractivity contribution in [2.24, 2.45) is 5.92 Å². The summed E-state index contributed by atoms with van der Waals surface area (Å²) in [4.78, 5) is 18.1. The molecule has 1 aliphatic rings. The lowest BCUT2D eigenvalue weighted by Gasteiger charge is -2.27. The van der Waals surface area contributed by atoms with E-state index in [0.717, 1.165) is 36.1 Å². The second-order valence-corrected chi connectivity index (χ2v) is 6.58. The second-order valence-electron chi connectivity index (χ2n) is 5.50. The molecule has 2 aromatic rings. The fourth-order valence-electron chi connectivity index (χ4n) is 2.83. The molecule has 1 amide bonds. The zero-order valence-corrected chi connectivity index (χ0v) is 13.0. The number of carbonyl (C=O) groups excluding carboxylic acids is 1. The van der Waals surface area contributed by atoms with Gasteiger partial charge in [0, 0.05) is 23.3 Å². The SMILES string of the molecule is N#CC1CCCCC1NC(=O)c1ccc(-c2ccncc2)s1. The Bertz CT molecular complexity index is 689. The summed E-state index contributed by atoms with van der Waals surface area (Å²) in [6.07, 6.45) is 7.43. The van der Waals surface area contributed by atoms with Crippen LogP contribution in [0, 0.1) is 17.2 Å². The van der Waals surface area contributed by atoms with Crippen LogP contribution >= 0.6 is 11.3 Å². The molecule has 2 unspecified atom stereocenters. The van der Waals surface area contributed by atoms with Crippen LogP contribution in [0.2, 0.25) is 0 Å². The van der Waals surface area contributed by atoms with E-state index in [1.807, 2.05) is 24.3 Å². The summed E-state index contributed by atoms with van der Waals surface area (Å²) in [5.74, 6) is -0.130. The van der Waals surface area contributed by atoms with Crippen LogP contribution in [-0.2, 0) is 0 Å². The molecule has 0 aliphatic heterocycles. The number of carbonyl (C=O) groups is 1. The molecule has 2 aromatic heterocycles. The Balaban J connectivity index is 1.71. The molecule has 4 nitrogen and oxygen atoms in total. The number of rotatable bonds is 3. The maximum absolute atomic E-state index is 12.4. The third-order valence-electron chi connectivity index (χ3n) is 4.04. The molecule has 0 radical (unpaired) electrons. The first-order valence-corrected chi connectivity index (χ1v) is 8.30. The molecule has 0 bridgehead atoms. The highest BCUT2D eigenvalue weighted by Crippen LogP contribution is 2.28. The Morgan fingerprint density at radius 1 is 1.23 bits per heavy atom. The Labute approximate surface area is 133 Å². The van der Waals surface area contributed by atoms with Crippen LogP contribution in [0.5, 0.6) is 0 Å². The normalized spacial score (nSPS) is 21.0. The Morgan fingerprint density at radius 3 is 2.77 bits per heavy atom. The van der Waals surface area contributed by atoms with Crippen molar-refractivity contribution in [1.82, 2.24) is 10.3 Å². The van der Waals surface area contributed by atoms with Gasteiger partial charge in [0.1, 0.15) is 0 Å². The van der Waals surface area contributed by atoms with Gasteiger partial charge in [0.15, 0.2) is 0 Å². The maximum Gasteiger partial charge on any atom is 0.261 e. The van der Waals surface area contributed by atoms with Crippen molar-refractivity contribution in [2.75, 3.05) is 0 Å². The smallest absolute Gasteiger partial charge is 0.261 e. The van der Waals surface area contributed by atoms with E-state index in [-0.39, 0.29) is 17.9 Å². The molecular weight excluding hydrogens is 294 g/mol. The highest BCUT2D eigenvalue weighted by Gasteiger charge is 2.26. The first-order chi connectivity index (χ1) is 10.8. The molecule has 1 aliphatic carbocycles. The summed E-state index contributed by atoms with van der Waals surface area (Å²) in [5, 5.41) is 12.2. The molecule has 1 saturated carbocycles. The minimum Gasteiger partial charge on any atom is -0.347 e.